The fraction of sp³-hybridized carbons (Fsp3) is 0.615. The molecular weight excluding hydrogens is 186 g/mol. The van der Waals surface area contributed by atoms with Gasteiger partial charge < -0.3 is 4.74 Å². The highest BCUT2D eigenvalue weighted by Gasteiger charge is 2.02. The van der Waals surface area contributed by atoms with Crippen LogP contribution in [0, 0.1) is 0 Å². The Balaban J connectivity index is 2.43. The highest BCUT2D eigenvalue weighted by atomic mass is 16.5. The molecule has 0 spiro atoms. The predicted octanol–water partition coefficient (Wildman–Crippen LogP) is 3.77. The molecule has 0 fully saturated rings. The summed E-state index contributed by atoms with van der Waals surface area (Å²) < 4.78 is 5.59. The molecular formula is C13H21NO. The Hall–Kier alpha value is -1.05. The Morgan fingerprint density at radius 3 is 2.73 bits per heavy atom. The van der Waals surface area contributed by atoms with Crippen LogP contribution >= 0.6 is 0 Å². The molecule has 0 bridgehead atoms. The van der Waals surface area contributed by atoms with Gasteiger partial charge >= 0.3 is 0 Å². The molecule has 0 N–H and O–H groups in total. The van der Waals surface area contributed by atoms with Crippen LogP contribution in [0.2, 0.25) is 0 Å². The Kier molecular flexibility index (Phi) is 5.16. The second-order valence-corrected chi connectivity index (χ2v) is 4.11. The lowest BCUT2D eigenvalue weighted by molar-refractivity contribution is 0.294. The van der Waals surface area contributed by atoms with E-state index in [9.17, 15) is 0 Å². The molecule has 84 valence electrons. The Morgan fingerprint density at radius 2 is 2.07 bits per heavy atom. The monoisotopic (exact) mass is 207 g/mol. The molecule has 0 aliphatic heterocycles. The molecule has 2 heteroatoms. The van der Waals surface area contributed by atoms with E-state index >= 15 is 0 Å². The van der Waals surface area contributed by atoms with Crippen molar-refractivity contribution < 1.29 is 4.74 Å². The number of hydrogen-bond acceptors (Lipinski definition) is 2. The highest BCUT2D eigenvalue weighted by molar-refractivity contribution is 5.17. The van der Waals surface area contributed by atoms with Gasteiger partial charge in [-0.1, -0.05) is 39.7 Å². The molecule has 1 rings (SSSR count). The quantitative estimate of drug-likeness (QED) is 0.662. The average molecular weight is 207 g/mol. The molecule has 0 saturated carbocycles. The van der Waals surface area contributed by atoms with Crippen molar-refractivity contribution in [3.8, 4) is 5.88 Å². The third-order valence-corrected chi connectivity index (χ3v) is 2.33. The second kappa shape index (κ2) is 6.44. The minimum Gasteiger partial charge on any atom is -0.478 e. The van der Waals surface area contributed by atoms with Gasteiger partial charge in [-0.15, -0.1) is 0 Å². The van der Waals surface area contributed by atoms with E-state index in [0.29, 0.717) is 5.92 Å². The number of rotatable bonds is 6. The maximum Gasteiger partial charge on any atom is 0.213 e. The van der Waals surface area contributed by atoms with Crippen molar-refractivity contribution in [1.29, 1.82) is 0 Å². The van der Waals surface area contributed by atoms with Crippen molar-refractivity contribution in [2.24, 2.45) is 0 Å². The normalized spacial score (nSPS) is 10.7. The number of unbranched alkanes of at least 4 members (excludes halogenated alkanes) is 2. The molecule has 15 heavy (non-hydrogen) atoms. The molecule has 0 aliphatic rings. The minimum absolute atomic E-state index is 0.462. The first-order chi connectivity index (χ1) is 7.24. The van der Waals surface area contributed by atoms with Crippen LogP contribution in [0.3, 0.4) is 0 Å². The third kappa shape index (κ3) is 4.32. The number of hydrogen-bond donors (Lipinski definition) is 0. The number of nitrogens with zero attached hydrogens (tertiary/aromatic N) is 1. The Labute approximate surface area is 92.7 Å². The van der Waals surface area contributed by atoms with Gasteiger partial charge in [-0.3, -0.25) is 0 Å². The van der Waals surface area contributed by atoms with Gasteiger partial charge in [-0.2, -0.15) is 0 Å². The van der Waals surface area contributed by atoms with Gasteiger partial charge in [0, 0.05) is 11.8 Å². The molecule has 0 aliphatic carbocycles. The molecule has 1 aromatic rings. The van der Waals surface area contributed by atoms with Gasteiger partial charge in [-0.25, -0.2) is 4.98 Å². The largest absolute Gasteiger partial charge is 0.478 e. The zero-order valence-electron chi connectivity index (χ0n) is 9.99. The Bertz CT molecular complexity index is 284. The molecule has 0 radical (unpaired) electrons. The number of ether oxygens (including phenoxy) is 1. The molecule has 0 amide bonds. The molecule has 1 aromatic heterocycles. The zero-order chi connectivity index (χ0) is 11.1. The first-order valence-corrected chi connectivity index (χ1v) is 5.83. The maximum atomic E-state index is 5.59. The van der Waals surface area contributed by atoms with Crippen LogP contribution in [0.4, 0.5) is 0 Å². The van der Waals surface area contributed by atoms with Crippen molar-refractivity contribution >= 4 is 0 Å². The second-order valence-electron chi connectivity index (χ2n) is 4.11. The standard InChI is InChI=1S/C13H21NO/c1-4-5-6-10-15-13-9-7-8-12(14-13)11(2)3/h7-9,11H,4-6,10H2,1-3H3. The zero-order valence-corrected chi connectivity index (χ0v) is 9.99. The van der Waals surface area contributed by atoms with Crippen LogP contribution in [0.5, 0.6) is 5.88 Å². The maximum absolute atomic E-state index is 5.59. The van der Waals surface area contributed by atoms with E-state index in [1.165, 1.54) is 12.8 Å². The number of aromatic nitrogens is 1. The summed E-state index contributed by atoms with van der Waals surface area (Å²) in [5.74, 6) is 1.22. The average Bonchev–Trinajstić information content (AvgIpc) is 2.25. The first kappa shape index (κ1) is 12.0. The summed E-state index contributed by atoms with van der Waals surface area (Å²) >= 11 is 0. The van der Waals surface area contributed by atoms with E-state index in [1.54, 1.807) is 0 Å². The van der Waals surface area contributed by atoms with E-state index in [4.69, 9.17) is 4.74 Å². The Morgan fingerprint density at radius 1 is 1.27 bits per heavy atom. The van der Waals surface area contributed by atoms with Crippen molar-refractivity contribution in [1.82, 2.24) is 4.98 Å². The molecule has 0 atom stereocenters. The van der Waals surface area contributed by atoms with Gasteiger partial charge in [-0.05, 0) is 18.4 Å². The van der Waals surface area contributed by atoms with E-state index in [1.807, 2.05) is 18.2 Å². The van der Waals surface area contributed by atoms with Crippen LogP contribution in [0.25, 0.3) is 0 Å². The summed E-state index contributed by atoms with van der Waals surface area (Å²) in [6.07, 6.45) is 3.57. The fourth-order valence-corrected chi connectivity index (χ4v) is 1.36. The van der Waals surface area contributed by atoms with Gasteiger partial charge in [0.15, 0.2) is 0 Å². The smallest absolute Gasteiger partial charge is 0.213 e. The topological polar surface area (TPSA) is 22.1 Å². The van der Waals surface area contributed by atoms with Gasteiger partial charge in [0.25, 0.3) is 0 Å². The van der Waals surface area contributed by atoms with Crippen molar-refractivity contribution in [3.05, 3.63) is 23.9 Å². The first-order valence-electron chi connectivity index (χ1n) is 5.83. The molecule has 0 aromatic carbocycles. The highest BCUT2D eigenvalue weighted by Crippen LogP contribution is 2.15. The predicted molar refractivity (Wildman–Crippen MR) is 63.3 cm³/mol. The van der Waals surface area contributed by atoms with E-state index in [2.05, 4.69) is 25.8 Å². The lowest BCUT2D eigenvalue weighted by Gasteiger charge is -2.08. The molecule has 1 heterocycles. The van der Waals surface area contributed by atoms with Crippen LogP contribution in [0.1, 0.15) is 51.6 Å². The van der Waals surface area contributed by atoms with Crippen LogP contribution < -0.4 is 4.74 Å². The lowest BCUT2D eigenvalue weighted by Crippen LogP contribution is -2.01. The van der Waals surface area contributed by atoms with Crippen molar-refractivity contribution in [2.45, 2.75) is 46.0 Å². The van der Waals surface area contributed by atoms with Gasteiger partial charge in [0.1, 0.15) is 0 Å². The molecule has 0 unspecified atom stereocenters. The lowest BCUT2D eigenvalue weighted by atomic mass is 10.1. The molecule has 2 nitrogen and oxygen atoms in total. The van der Waals surface area contributed by atoms with E-state index in [0.717, 1.165) is 24.6 Å². The summed E-state index contributed by atoms with van der Waals surface area (Å²) in [7, 11) is 0. The number of pyridine rings is 1. The minimum atomic E-state index is 0.462. The van der Waals surface area contributed by atoms with Crippen LogP contribution in [-0.2, 0) is 0 Å². The van der Waals surface area contributed by atoms with E-state index < -0.39 is 0 Å². The van der Waals surface area contributed by atoms with E-state index in [-0.39, 0.29) is 0 Å². The SMILES string of the molecule is CCCCCOc1cccc(C(C)C)n1. The van der Waals surface area contributed by atoms with Gasteiger partial charge in [0.2, 0.25) is 5.88 Å². The summed E-state index contributed by atoms with van der Waals surface area (Å²) in [5, 5.41) is 0. The summed E-state index contributed by atoms with van der Waals surface area (Å²) in [4.78, 5) is 4.45. The van der Waals surface area contributed by atoms with Crippen molar-refractivity contribution in [3.63, 3.8) is 0 Å². The summed E-state index contributed by atoms with van der Waals surface area (Å²) in [6.45, 7) is 7.26. The van der Waals surface area contributed by atoms with Gasteiger partial charge in [0.05, 0.1) is 6.61 Å². The fourth-order valence-electron chi connectivity index (χ4n) is 1.36. The van der Waals surface area contributed by atoms with Crippen molar-refractivity contribution in [2.75, 3.05) is 6.61 Å². The summed E-state index contributed by atoms with van der Waals surface area (Å²) in [6, 6.07) is 5.99. The van der Waals surface area contributed by atoms with Crippen LogP contribution in [0.15, 0.2) is 18.2 Å². The molecule has 0 saturated heterocycles. The summed E-state index contributed by atoms with van der Waals surface area (Å²) in [5.41, 5.74) is 1.10. The third-order valence-electron chi connectivity index (χ3n) is 2.33. The van der Waals surface area contributed by atoms with Crippen LogP contribution in [-0.4, -0.2) is 11.6 Å².